The fraction of sp³-hybridized carbons (Fsp3) is 0.706. The lowest BCUT2D eigenvalue weighted by atomic mass is 9.90. The van der Waals surface area contributed by atoms with Crippen LogP contribution in [0.25, 0.3) is 0 Å². The van der Waals surface area contributed by atoms with E-state index in [9.17, 15) is 10.2 Å². The molecule has 1 aliphatic rings. The highest BCUT2D eigenvalue weighted by molar-refractivity contribution is 5.44. The molecule has 2 heterocycles. The Labute approximate surface area is 127 Å². The van der Waals surface area contributed by atoms with E-state index in [4.69, 9.17) is 4.98 Å². The van der Waals surface area contributed by atoms with Crippen LogP contribution in [0.15, 0.2) is 12.1 Å². The molecule has 1 aromatic rings. The zero-order chi connectivity index (χ0) is 15.6. The van der Waals surface area contributed by atoms with Gasteiger partial charge in [-0.3, -0.25) is 0 Å². The van der Waals surface area contributed by atoms with Gasteiger partial charge in [-0.1, -0.05) is 20.8 Å². The molecule has 1 aromatic heterocycles. The summed E-state index contributed by atoms with van der Waals surface area (Å²) in [6.07, 6.45) is 1.76. The average molecular weight is 292 g/mol. The highest BCUT2D eigenvalue weighted by atomic mass is 16.3. The lowest BCUT2D eigenvalue weighted by Gasteiger charge is -2.35. The first-order valence-electron chi connectivity index (χ1n) is 7.86. The van der Waals surface area contributed by atoms with Crippen molar-refractivity contribution < 1.29 is 10.2 Å². The maximum absolute atomic E-state index is 9.70. The van der Waals surface area contributed by atoms with Crippen LogP contribution in [0.1, 0.15) is 51.8 Å². The molecule has 1 saturated heterocycles. The fourth-order valence-corrected chi connectivity index (χ4v) is 2.82. The lowest BCUT2D eigenvalue weighted by Crippen LogP contribution is -2.37. The molecular formula is C17H28N2O2. The molecule has 0 radical (unpaired) electrons. The molecule has 21 heavy (non-hydrogen) atoms. The predicted octanol–water partition coefficient (Wildman–Crippen LogP) is 2.47. The van der Waals surface area contributed by atoms with E-state index < -0.39 is 0 Å². The molecule has 0 spiro atoms. The summed E-state index contributed by atoms with van der Waals surface area (Å²) in [5.74, 6) is 1.35. The number of hydrogen-bond donors (Lipinski definition) is 2. The third-order valence-electron chi connectivity index (χ3n) is 4.37. The minimum atomic E-state index is -0.228. The molecule has 0 aliphatic carbocycles. The van der Waals surface area contributed by atoms with Gasteiger partial charge in [0.2, 0.25) is 0 Å². The van der Waals surface area contributed by atoms with Gasteiger partial charge in [-0.2, -0.15) is 0 Å². The van der Waals surface area contributed by atoms with E-state index in [0.29, 0.717) is 5.92 Å². The van der Waals surface area contributed by atoms with E-state index in [1.165, 1.54) is 0 Å². The Hall–Kier alpha value is -1.13. The zero-order valence-corrected chi connectivity index (χ0v) is 13.6. The molecule has 0 saturated carbocycles. The van der Waals surface area contributed by atoms with E-state index >= 15 is 0 Å². The number of aromatic nitrogens is 1. The second kappa shape index (κ2) is 6.32. The normalized spacial score (nSPS) is 18.9. The van der Waals surface area contributed by atoms with Crippen LogP contribution in [0.2, 0.25) is 0 Å². The van der Waals surface area contributed by atoms with Crippen molar-refractivity contribution in [1.29, 1.82) is 0 Å². The summed E-state index contributed by atoms with van der Waals surface area (Å²) >= 11 is 0. The highest BCUT2D eigenvalue weighted by Gasteiger charge is 2.25. The first kappa shape index (κ1) is 16.2. The lowest BCUT2D eigenvalue weighted by molar-refractivity contribution is 0.110. The molecule has 2 rings (SSSR count). The van der Waals surface area contributed by atoms with Gasteiger partial charge in [-0.15, -0.1) is 0 Å². The molecule has 1 atom stereocenters. The number of hydrogen-bond acceptors (Lipinski definition) is 4. The Balaban J connectivity index is 2.20. The second-order valence-corrected chi connectivity index (χ2v) is 7.19. The molecule has 0 amide bonds. The molecule has 2 N–H and O–H groups in total. The molecule has 4 heteroatoms. The van der Waals surface area contributed by atoms with E-state index in [2.05, 4.69) is 25.7 Å². The van der Waals surface area contributed by atoms with Crippen LogP contribution >= 0.6 is 0 Å². The van der Waals surface area contributed by atoms with Gasteiger partial charge in [0.05, 0.1) is 12.7 Å². The van der Waals surface area contributed by atoms with Gasteiger partial charge < -0.3 is 15.1 Å². The van der Waals surface area contributed by atoms with Crippen molar-refractivity contribution in [2.75, 3.05) is 18.0 Å². The quantitative estimate of drug-likeness (QED) is 0.898. The summed E-state index contributed by atoms with van der Waals surface area (Å²) in [5, 5.41) is 19.2. The van der Waals surface area contributed by atoms with Crippen LogP contribution in [-0.2, 0) is 12.0 Å². The van der Waals surface area contributed by atoms with Crippen LogP contribution in [-0.4, -0.2) is 34.4 Å². The Bertz CT molecular complexity index is 472. The third-order valence-corrected chi connectivity index (χ3v) is 4.37. The minimum absolute atomic E-state index is 0.0299. The second-order valence-electron chi connectivity index (χ2n) is 7.19. The SMILES string of the molecule is CC(O)C1CCN(c2cc(CO)cc(C(C)(C)C)n2)CC1. The molecule has 1 fully saturated rings. The minimum Gasteiger partial charge on any atom is -0.393 e. The van der Waals surface area contributed by atoms with Gasteiger partial charge in [0.15, 0.2) is 0 Å². The monoisotopic (exact) mass is 292 g/mol. The van der Waals surface area contributed by atoms with Crippen molar-refractivity contribution >= 4 is 5.82 Å². The number of nitrogens with zero attached hydrogens (tertiary/aromatic N) is 2. The van der Waals surface area contributed by atoms with Crippen LogP contribution in [0.3, 0.4) is 0 Å². The van der Waals surface area contributed by atoms with Gasteiger partial charge in [-0.25, -0.2) is 4.98 Å². The van der Waals surface area contributed by atoms with E-state index in [1.54, 1.807) is 0 Å². The van der Waals surface area contributed by atoms with Gasteiger partial charge in [-0.05, 0) is 43.4 Å². The van der Waals surface area contributed by atoms with Crippen molar-refractivity contribution in [3.63, 3.8) is 0 Å². The average Bonchev–Trinajstić information content (AvgIpc) is 2.46. The van der Waals surface area contributed by atoms with Crippen LogP contribution in [0.5, 0.6) is 0 Å². The van der Waals surface area contributed by atoms with Crippen molar-refractivity contribution in [2.45, 2.75) is 58.7 Å². The first-order chi connectivity index (χ1) is 9.81. The van der Waals surface area contributed by atoms with Crippen molar-refractivity contribution in [1.82, 2.24) is 4.98 Å². The highest BCUT2D eigenvalue weighted by Crippen LogP contribution is 2.28. The summed E-state index contributed by atoms with van der Waals surface area (Å²) in [6, 6.07) is 3.98. The largest absolute Gasteiger partial charge is 0.393 e. The van der Waals surface area contributed by atoms with Crippen molar-refractivity contribution in [3.05, 3.63) is 23.4 Å². The van der Waals surface area contributed by atoms with Gasteiger partial charge >= 0.3 is 0 Å². The Kier molecular flexibility index (Phi) is 4.89. The zero-order valence-electron chi connectivity index (χ0n) is 13.6. The predicted molar refractivity (Wildman–Crippen MR) is 85.5 cm³/mol. The molecule has 1 aliphatic heterocycles. The number of pyridine rings is 1. The van der Waals surface area contributed by atoms with Crippen LogP contribution < -0.4 is 4.90 Å². The molecule has 118 valence electrons. The fourth-order valence-electron chi connectivity index (χ4n) is 2.82. The van der Waals surface area contributed by atoms with Crippen molar-refractivity contribution in [2.24, 2.45) is 5.92 Å². The summed E-state index contributed by atoms with van der Waals surface area (Å²) < 4.78 is 0. The number of aliphatic hydroxyl groups excluding tert-OH is 2. The number of rotatable bonds is 3. The van der Waals surface area contributed by atoms with Crippen LogP contribution in [0.4, 0.5) is 5.82 Å². The maximum Gasteiger partial charge on any atom is 0.129 e. The first-order valence-corrected chi connectivity index (χ1v) is 7.86. The number of aliphatic hydroxyl groups is 2. The molecule has 0 bridgehead atoms. The summed E-state index contributed by atoms with van der Waals surface area (Å²) in [5.41, 5.74) is 1.90. The standard InChI is InChI=1S/C17H28N2O2/c1-12(21)14-5-7-19(8-6-14)16-10-13(11-20)9-15(18-16)17(2,3)4/h9-10,12,14,20-21H,5-8,11H2,1-4H3. The maximum atomic E-state index is 9.70. The number of anilines is 1. The van der Waals surface area contributed by atoms with E-state index in [0.717, 1.165) is 43.0 Å². The number of piperidine rings is 1. The summed E-state index contributed by atoms with van der Waals surface area (Å²) in [6.45, 7) is 10.2. The molecule has 0 aromatic carbocycles. The smallest absolute Gasteiger partial charge is 0.129 e. The molecule has 4 nitrogen and oxygen atoms in total. The Morgan fingerprint density at radius 1 is 1.29 bits per heavy atom. The summed E-state index contributed by atoms with van der Waals surface area (Å²) in [7, 11) is 0. The van der Waals surface area contributed by atoms with E-state index in [1.807, 2.05) is 19.1 Å². The Morgan fingerprint density at radius 3 is 2.38 bits per heavy atom. The summed E-state index contributed by atoms with van der Waals surface area (Å²) in [4.78, 5) is 7.07. The van der Waals surface area contributed by atoms with Gasteiger partial charge in [0, 0.05) is 24.2 Å². The van der Waals surface area contributed by atoms with Gasteiger partial charge in [0.25, 0.3) is 0 Å². The topological polar surface area (TPSA) is 56.6 Å². The van der Waals surface area contributed by atoms with Crippen LogP contribution in [0, 0.1) is 5.92 Å². The van der Waals surface area contributed by atoms with E-state index in [-0.39, 0.29) is 18.1 Å². The molecular weight excluding hydrogens is 264 g/mol. The van der Waals surface area contributed by atoms with Crippen molar-refractivity contribution in [3.8, 4) is 0 Å². The molecule has 1 unspecified atom stereocenters. The Morgan fingerprint density at radius 2 is 1.90 bits per heavy atom. The third kappa shape index (κ3) is 3.95. The van der Waals surface area contributed by atoms with Gasteiger partial charge in [0.1, 0.15) is 5.82 Å².